The highest BCUT2D eigenvalue weighted by Crippen LogP contribution is 2.41. The molecule has 0 bridgehead atoms. The van der Waals surface area contributed by atoms with Crippen LogP contribution >= 0.6 is 0 Å². The predicted molar refractivity (Wildman–Crippen MR) is 78.8 cm³/mol. The lowest BCUT2D eigenvalue weighted by Crippen LogP contribution is -2.65. The van der Waals surface area contributed by atoms with Gasteiger partial charge in [0, 0.05) is 19.1 Å². The fourth-order valence-electron chi connectivity index (χ4n) is 3.71. The van der Waals surface area contributed by atoms with Crippen molar-refractivity contribution in [2.45, 2.75) is 65.0 Å². The monoisotopic (exact) mass is 283 g/mol. The first-order chi connectivity index (χ1) is 9.20. The molecular formula is C16H29NO3. The topological polar surface area (TPSA) is 49.8 Å². The van der Waals surface area contributed by atoms with Crippen LogP contribution in [0.15, 0.2) is 0 Å². The van der Waals surface area contributed by atoms with Crippen LogP contribution in [0.5, 0.6) is 0 Å². The summed E-state index contributed by atoms with van der Waals surface area (Å²) in [6.07, 6.45) is 5.18. The maximum atomic E-state index is 10.6. The average Bonchev–Trinajstić information content (AvgIpc) is 2.32. The molecule has 0 unspecified atom stereocenters. The molecule has 116 valence electrons. The zero-order chi connectivity index (χ0) is 15.0. The van der Waals surface area contributed by atoms with Crippen LogP contribution in [0.1, 0.15) is 53.4 Å². The van der Waals surface area contributed by atoms with Gasteiger partial charge in [-0.05, 0) is 43.9 Å². The molecule has 1 aliphatic carbocycles. The standard InChI is InChI=1S/C16H29NO3/c1-15(2,3)12-5-7-13(8-6-12)17-10-16(4,11-17)20-9-14(18)19/h12-13H,5-11H2,1-4H3,(H,18,19). The number of carbonyl (C=O) groups is 1. The quantitative estimate of drug-likeness (QED) is 0.862. The van der Waals surface area contributed by atoms with Crippen LogP contribution in [-0.2, 0) is 9.53 Å². The van der Waals surface area contributed by atoms with Gasteiger partial charge in [-0.2, -0.15) is 0 Å². The molecule has 1 saturated heterocycles. The Morgan fingerprint density at radius 2 is 1.80 bits per heavy atom. The summed E-state index contributed by atoms with van der Waals surface area (Å²) in [7, 11) is 0. The van der Waals surface area contributed by atoms with E-state index in [-0.39, 0.29) is 12.2 Å². The summed E-state index contributed by atoms with van der Waals surface area (Å²) in [5.41, 5.74) is 0.179. The number of carboxylic acids is 1. The fraction of sp³-hybridized carbons (Fsp3) is 0.938. The smallest absolute Gasteiger partial charge is 0.329 e. The Hall–Kier alpha value is -0.610. The third-order valence-corrected chi connectivity index (χ3v) is 5.06. The van der Waals surface area contributed by atoms with E-state index in [1.165, 1.54) is 25.7 Å². The molecule has 2 fully saturated rings. The second kappa shape index (κ2) is 5.64. The van der Waals surface area contributed by atoms with Gasteiger partial charge in [-0.15, -0.1) is 0 Å². The van der Waals surface area contributed by atoms with Crippen molar-refractivity contribution in [1.82, 2.24) is 4.90 Å². The van der Waals surface area contributed by atoms with E-state index in [0.717, 1.165) is 19.0 Å². The largest absolute Gasteiger partial charge is 0.480 e. The van der Waals surface area contributed by atoms with Crippen LogP contribution in [-0.4, -0.2) is 47.3 Å². The van der Waals surface area contributed by atoms with Crippen LogP contribution in [0.3, 0.4) is 0 Å². The van der Waals surface area contributed by atoms with Crippen LogP contribution in [0.4, 0.5) is 0 Å². The minimum atomic E-state index is -0.879. The Morgan fingerprint density at radius 3 is 2.25 bits per heavy atom. The van der Waals surface area contributed by atoms with E-state index < -0.39 is 5.97 Å². The number of likely N-dealkylation sites (tertiary alicyclic amines) is 1. The molecule has 0 aromatic rings. The zero-order valence-corrected chi connectivity index (χ0v) is 13.3. The van der Waals surface area contributed by atoms with Gasteiger partial charge in [0.05, 0.1) is 5.60 Å². The minimum Gasteiger partial charge on any atom is -0.480 e. The summed E-state index contributed by atoms with van der Waals surface area (Å²) < 4.78 is 5.48. The predicted octanol–water partition coefficient (Wildman–Crippen LogP) is 2.77. The van der Waals surface area contributed by atoms with E-state index in [1.54, 1.807) is 0 Å². The molecule has 1 saturated carbocycles. The van der Waals surface area contributed by atoms with E-state index in [4.69, 9.17) is 9.84 Å². The van der Waals surface area contributed by atoms with E-state index in [0.29, 0.717) is 11.5 Å². The Bertz CT molecular complexity index is 347. The van der Waals surface area contributed by atoms with E-state index in [2.05, 4.69) is 25.7 Å². The Balaban J connectivity index is 1.73. The molecule has 1 heterocycles. The molecule has 4 nitrogen and oxygen atoms in total. The molecule has 1 N–H and O–H groups in total. The summed E-state index contributed by atoms with van der Waals surface area (Å²) in [4.78, 5) is 13.0. The molecular weight excluding hydrogens is 254 g/mol. The highest BCUT2D eigenvalue weighted by atomic mass is 16.5. The molecule has 1 aliphatic heterocycles. The second-order valence-electron chi connectivity index (χ2n) is 7.91. The summed E-state index contributed by atoms with van der Waals surface area (Å²) in [6, 6.07) is 0.676. The van der Waals surface area contributed by atoms with Crippen molar-refractivity contribution in [3.63, 3.8) is 0 Å². The third-order valence-electron chi connectivity index (χ3n) is 5.06. The highest BCUT2D eigenvalue weighted by Gasteiger charge is 2.44. The maximum Gasteiger partial charge on any atom is 0.329 e. The summed E-state index contributed by atoms with van der Waals surface area (Å²) in [6.45, 7) is 10.6. The molecule has 2 rings (SSSR count). The van der Waals surface area contributed by atoms with Crippen molar-refractivity contribution >= 4 is 5.97 Å². The highest BCUT2D eigenvalue weighted by molar-refractivity contribution is 5.68. The maximum absolute atomic E-state index is 10.6. The van der Waals surface area contributed by atoms with Crippen molar-refractivity contribution < 1.29 is 14.6 Å². The van der Waals surface area contributed by atoms with Crippen LogP contribution in [0, 0.1) is 11.3 Å². The first kappa shape index (κ1) is 15.8. The SMILES string of the molecule is CC1(OCC(=O)O)CN(C2CCC(C(C)(C)C)CC2)C1. The zero-order valence-electron chi connectivity index (χ0n) is 13.3. The number of ether oxygens (including phenoxy) is 1. The van der Waals surface area contributed by atoms with Gasteiger partial charge in [0.2, 0.25) is 0 Å². The molecule has 0 atom stereocenters. The van der Waals surface area contributed by atoms with Gasteiger partial charge in [-0.1, -0.05) is 20.8 Å². The summed E-state index contributed by atoms with van der Waals surface area (Å²) >= 11 is 0. The normalized spacial score (nSPS) is 30.8. The molecule has 4 heteroatoms. The molecule has 20 heavy (non-hydrogen) atoms. The van der Waals surface area contributed by atoms with E-state index in [9.17, 15) is 4.79 Å². The molecule has 0 aromatic carbocycles. The lowest BCUT2D eigenvalue weighted by molar-refractivity contribution is -0.171. The number of rotatable bonds is 4. The Kier molecular flexibility index (Phi) is 4.45. The second-order valence-corrected chi connectivity index (χ2v) is 7.91. The van der Waals surface area contributed by atoms with Crippen molar-refractivity contribution in [2.24, 2.45) is 11.3 Å². The molecule has 0 radical (unpaired) electrons. The first-order valence-electron chi connectivity index (χ1n) is 7.79. The molecule has 0 aromatic heterocycles. The number of hydrogen-bond acceptors (Lipinski definition) is 3. The third kappa shape index (κ3) is 3.73. The van der Waals surface area contributed by atoms with Gasteiger partial charge in [-0.25, -0.2) is 4.79 Å². The van der Waals surface area contributed by atoms with E-state index in [1.807, 2.05) is 6.92 Å². The number of aliphatic carboxylic acids is 1. The van der Waals surface area contributed by atoms with Crippen molar-refractivity contribution in [2.75, 3.05) is 19.7 Å². The molecule has 0 amide bonds. The molecule has 0 spiro atoms. The Morgan fingerprint density at radius 1 is 1.25 bits per heavy atom. The van der Waals surface area contributed by atoms with Crippen LogP contribution < -0.4 is 0 Å². The number of carboxylic acid groups (broad SMARTS) is 1. The van der Waals surface area contributed by atoms with Gasteiger partial charge < -0.3 is 9.84 Å². The number of hydrogen-bond donors (Lipinski definition) is 1. The van der Waals surface area contributed by atoms with Crippen molar-refractivity contribution in [1.29, 1.82) is 0 Å². The fourth-order valence-corrected chi connectivity index (χ4v) is 3.71. The van der Waals surface area contributed by atoms with Gasteiger partial charge >= 0.3 is 5.97 Å². The van der Waals surface area contributed by atoms with Gasteiger partial charge in [-0.3, -0.25) is 4.90 Å². The summed E-state index contributed by atoms with van der Waals surface area (Å²) in [5, 5.41) is 8.68. The lowest BCUT2D eigenvalue weighted by Gasteiger charge is -2.52. The van der Waals surface area contributed by atoms with Crippen LogP contribution in [0.2, 0.25) is 0 Å². The van der Waals surface area contributed by atoms with Crippen molar-refractivity contribution in [3.05, 3.63) is 0 Å². The first-order valence-corrected chi connectivity index (χ1v) is 7.79. The van der Waals surface area contributed by atoms with E-state index >= 15 is 0 Å². The summed E-state index contributed by atoms with van der Waals surface area (Å²) in [5.74, 6) is -0.0370. The lowest BCUT2D eigenvalue weighted by atomic mass is 9.70. The number of nitrogens with zero attached hydrogens (tertiary/aromatic N) is 1. The van der Waals surface area contributed by atoms with Gasteiger partial charge in [0.15, 0.2) is 0 Å². The van der Waals surface area contributed by atoms with Gasteiger partial charge in [0.25, 0.3) is 0 Å². The average molecular weight is 283 g/mol. The van der Waals surface area contributed by atoms with Crippen LogP contribution in [0.25, 0.3) is 0 Å². The van der Waals surface area contributed by atoms with Crippen molar-refractivity contribution in [3.8, 4) is 0 Å². The minimum absolute atomic E-state index is 0.179. The van der Waals surface area contributed by atoms with Gasteiger partial charge in [0.1, 0.15) is 6.61 Å². The Labute approximate surface area is 122 Å². The molecule has 2 aliphatic rings.